The fourth-order valence-electron chi connectivity index (χ4n) is 21.5. The summed E-state index contributed by atoms with van der Waals surface area (Å²) in [6.07, 6.45) is 29.9. The Hall–Kier alpha value is -12.3. The molecule has 6 atom stereocenters. The third-order valence-corrected chi connectivity index (χ3v) is 28.7. The zero-order valence-corrected chi connectivity index (χ0v) is 79.1. The van der Waals surface area contributed by atoms with Crippen LogP contribution in [-0.4, -0.2) is 178 Å². The quantitative estimate of drug-likeness (QED) is 0.0310. The molecule has 0 spiro atoms. The van der Waals surface area contributed by atoms with E-state index in [0.29, 0.717) is 76.8 Å². The lowest BCUT2D eigenvalue weighted by Crippen LogP contribution is -2.53. The van der Waals surface area contributed by atoms with Crippen LogP contribution in [0.25, 0.3) is 83.9 Å². The fourth-order valence-corrected chi connectivity index (χ4v) is 21.5. The lowest BCUT2D eigenvalue weighted by molar-refractivity contribution is -0.135. The summed E-state index contributed by atoms with van der Waals surface area (Å²) in [6, 6.07) is 37.3. The van der Waals surface area contributed by atoms with Gasteiger partial charge in [-0.1, -0.05) is 141 Å². The predicted octanol–water partition coefficient (Wildman–Crippen LogP) is 21.0. The molecule has 4 saturated heterocycles. The Labute approximate surface area is 804 Å². The molecule has 6 aromatic carbocycles. The number of aromatic nitrogens is 6. The van der Waals surface area contributed by atoms with E-state index in [1.165, 1.54) is 123 Å². The summed E-state index contributed by atoms with van der Waals surface area (Å²) >= 11 is 0. The summed E-state index contributed by atoms with van der Waals surface area (Å²) in [5.74, 6) is 3.58. The molecule has 8 N–H and O–H groups in total. The van der Waals surface area contributed by atoms with Gasteiger partial charge in [0.2, 0.25) is 11.8 Å². The molecule has 5 amide bonds. The number of nitrogens with zero attached hydrogens (tertiary/aromatic N) is 9. The zero-order chi connectivity index (χ0) is 93.7. The number of carbonyl (C=O) groups excluding carboxylic acids is 5. The third kappa shape index (κ3) is 21.5. The first-order valence-electron chi connectivity index (χ1n) is 48.6. The molecule has 20 rings (SSSR count). The van der Waals surface area contributed by atoms with Gasteiger partial charge < -0.3 is 74.6 Å². The van der Waals surface area contributed by atoms with Crippen molar-refractivity contribution in [2.24, 2.45) is 26.8 Å². The van der Waals surface area contributed by atoms with Crippen LogP contribution in [0, 0.1) is 11.8 Å². The van der Waals surface area contributed by atoms with Crippen LogP contribution < -0.4 is 16.0 Å². The van der Waals surface area contributed by atoms with Crippen molar-refractivity contribution >= 4 is 63.9 Å². The van der Waals surface area contributed by atoms with Crippen LogP contribution in [0.15, 0.2) is 161 Å². The number of aromatic amines is 3. The average Bonchev–Trinajstić information content (AvgIpc) is 1.72. The van der Waals surface area contributed by atoms with Crippen molar-refractivity contribution in [3.8, 4) is 67.2 Å². The number of methoxy groups -OCH3 is 2. The van der Waals surface area contributed by atoms with Crippen molar-refractivity contribution in [2.75, 3.05) is 40.4 Å². The molecule has 6 fully saturated rings. The number of hydrogen-bond acceptors (Lipinski definition) is 19. The minimum absolute atomic E-state index is 0. The van der Waals surface area contributed by atoms with Gasteiger partial charge in [-0.05, 0) is 269 Å². The second-order valence-corrected chi connectivity index (χ2v) is 39.5. The normalized spacial score (nSPS) is 20.0. The highest BCUT2D eigenvalue weighted by Gasteiger charge is 2.42. The molecular weight excluding hydrogens is 1720 g/mol. The second-order valence-electron chi connectivity index (χ2n) is 39.5. The van der Waals surface area contributed by atoms with Crippen molar-refractivity contribution in [3.05, 3.63) is 214 Å². The first kappa shape index (κ1) is 97.8. The van der Waals surface area contributed by atoms with E-state index in [9.17, 15) is 34.2 Å². The van der Waals surface area contributed by atoms with Gasteiger partial charge in [-0.15, -0.1) is 0 Å². The summed E-state index contributed by atoms with van der Waals surface area (Å²) in [5, 5.41) is 29.7. The van der Waals surface area contributed by atoms with Crippen LogP contribution >= 0.6 is 0 Å². The van der Waals surface area contributed by atoms with Crippen LogP contribution in [0.4, 0.5) is 14.4 Å². The number of rotatable bonds is 21. The number of ether oxygens (including phenoxy) is 5. The topological polar surface area (TPSA) is 341 Å². The minimum atomic E-state index is -0.696. The van der Waals surface area contributed by atoms with Gasteiger partial charge in [-0.3, -0.25) is 29.5 Å². The van der Waals surface area contributed by atoms with Crippen LogP contribution in [0.1, 0.15) is 271 Å². The second kappa shape index (κ2) is 43.2. The maximum absolute atomic E-state index is 13.7. The van der Waals surface area contributed by atoms with E-state index in [1.807, 2.05) is 124 Å². The van der Waals surface area contributed by atoms with Crippen LogP contribution in [0.3, 0.4) is 0 Å². The summed E-state index contributed by atoms with van der Waals surface area (Å²) in [7, 11) is 2.59. The highest BCUT2D eigenvalue weighted by atomic mass is 16.6. The molecule has 0 radical (unpaired) electrons. The van der Waals surface area contributed by atoms with E-state index in [0.717, 1.165) is 175 Å². The number of H-pyrrole nitrogens is 3. The van der Waals surface area contributed by atoms with Crippen LogP contribution in [-0.2, 0) is 72.9 Å². The van der Waals surface area contributed by atoms with Crippen molar-refractivity contribution < 1.29 is 57.9 Å². The van der Waals surface area contributed by atoms with Crippen LogP contribution in [0.5, 0.6) is 0 Å². The van der Waals surface area contributed by atoms with E-state index >= 15 is 0 Å². The van der Waals surface area contributed by atoms with Gasteiger partial charge in [-0.25, -0.2) is 29.3 Å². The van der Waals surface area contributed by atoms with Gasteiger partial charge in [0.15, 0.2) is 0 Å². The van der Waals surface area contributed by atoms with Crippen molar-refractivity contribution in [1.29, 1.82) is 0 Å². The van der Waals surface area contributed by atoms with Crippen LogP contribution in [0.2, 0.25) is 0 Å². The number of allylic oxidation sites excluding steroid dienone is 3. The Balaban J connectivity index is 0.000000152. The Morgan fingerprint density at radius 3 is 1.21 bits per heavy atom. The number of aliphatic hydroxyl groups excluding tert-OH is 2. The van der Waals surface area contributed by atoms with E-state index in [2.05, 4.69) is 121 Å². The lowest BCUT2D eigenvalue weighted by atomic mass is 9.90. The molecule has 3 aromatic heterocycles. The molecule has 137 heavy (non-hydrogen) atoms. The molecule has 9 aliphatic heterocycles. The maximum Gasteiger partial charge on any atom is 0.410 e. The monoisotopic (exact) mass is 1860 g/mol. The van der Waals surface area contributed by atoms with Gasteiger partial charge in [0.05, 0.1) is 108 Å². The molecule has 12 heterocycles. The van der Waals surface area contributed by atoms with Crippen molar-refractivity contribution in [3.63, 3.8) is 0 Å². The standard InChI is InChI=1S/C43H53N7O7.C35H42N4O4.C30H32N4O.2CH4/c1-24(2)37(47-42(53)55-5)40(51)49-15-7-9-35(49)33-19-28(20-44-33)26-11-13-31-29(17-26)22-57-23-30-18-27(12-14-32(30)31)34-21-45-39(46-34)36-10-8-16-50(36)41(52)38(25(3)4)48-43(54)56-6;1-35(2,3)43-34(42)39-14-6-9-32(39)30-17-25(18-36-30)23-10-12-28(26(15-23)20-40)29-13-11-24(16-27(29)21-41)31-19-37-33(38-31)22-7-4-5-8-22;1-2-5-19(4-1)30-33-16-29(34-30)21-8-10-26-24(13-21)18-35-17-23-12-20(7-9-25(23)26)22-14-28(32-15-22)27-6-3-11-31-27;;/h11-14,17-18,20-21,24-25,35-38H,7-10,15-16,19,22-23H2,1-6H3,(H,45,46)(H,47,53)(H,48,54);10-13,15-16,18-19,22,32,40-41H,4-9,14,17,20-21H2,1-3H3,(H,37,38);7-10,12-13,15-16,19,27,31H,1-6,11,14,17-18H2,(H,33,34);2*1H4/t35-,36-,37-,38-;32-;27-;;/m000../s1. The zero-order valence-electron chi connectivity index (χ0n) is 79.1. The number of likely N-dealkylation sites (tertiary alicyclic amines) is 3. The van der Waals surface area contributed by atoms with Gasteiger partial charge in [-0.2, -0.15) is 0 Å². The predicted molar refractivity (Wildman–Crippen MR) is 537 cm³/mol. The minimum Gasteiger partial charge on any atom is -0.453 e. The van der Waals surface area contributed by atoms with Gasteiger partial charge in [0.25, 0.3) is 0 Å². The number of hydrogen-bond donors (Lipinski definition) is 8. The van der Waals surface area contributed by atoms with Gasteiger partial charge >= 0.3 is 18.3 Å². The Morgan fingerprint density at radius 2 is 0.796 bits per heavy atom. The number of nitrogens with one attached hydrogen (secondary N) is 6. The molecule has 722 valence electrons. The van der Waals surface area contributed by atoms with Gasteiger partial charge in [0, 0.05) is 92.5 Å². The average molecular weight is 1860 g/mol. The molecule has 0 bridgehead atoms. The largest absolute Gasteiger partial charge is 0.453 e. The fraction of sp³-hybridized carbons (Fsp3) is 0.464. The molecule has 9 aromatic rings. The van der Waals surface area contributed by atoms with E-state index in [4.69, 9.17) is 48.6 Å². The number of aliphatic hydroxyl groups is 2. The molecule has 27 heteroatoms. The number of aliphatic imine (C=N–C) groups is 3. The summed E-state index contributed by atoms with van der Waals surface area (Å²) in [5.41, 5.74) is 28.4. The molecule has 2 saturated carbocycles. The smallest absolute Gasteiger partial charge is 0.410 e. The van der Waals surface area contributed by atoms with Gasteiger partial charge in [0.1, 0.15) is 35.2 Å². The highest BCUT2D eigenvalue weighted by Crippen LogP contribution is 2.45. The summed E-state index contributed by atoms with van der Waals surface area (Å²) in [4.78, 5) is 109. The Morgan fingerprint density at radius 1 is 0.438 bits per heavy atom. The SMILES string of the molecule is C.C.C1=C(c2ccc3c(c2)COCc2cc(-c4cnc(C5CCCC5)[nH]4)ccc2-3)CC([C@@H]2CCCN2)=N1.CC(C)(C)OC(=O)N1CCC[C@H]1C1=NC=C(c2ccc(-c3ccc(-c4cnc(C5CCCC5)[nH]4)cc3CO)c(CO)c2)C1.COC(=O)N[C@H](C(=O)N1CCC[C@H]1C1=NC=C(c2ccc3c(c2)COCc2cc(-c4cnc([C@@H]5CCCN5C(=O)[C@@H](NC(=O)OC)C(C)C)[nH]4)ccc2-3)C1)C(C)C. The molecule has 11 aliphatic rings. The van der Waals surface area contributed by atoms with Crippen molar-refractivity contribution in [2.45, 2.75) is 279 Å². The molecular formula is C110H135N15O12. The number of benzene rings is 6. The number of imidazole rings is 3. The number of fused-ring (bicyclic) bond motifs is 6. The van der Waals surface area contributed by atoms with E-state index in [-0.39, 0.29) is 75.9 Å². The Kier molecular flexibility index (Phi) is 30.8. The van der Waals surface area contributed by atoms with E-state index < -0.39 is 29.9 Å². The third-order valence-electron chi connectivity index (χ3n) is 28.7. The summed E-state index contributed by atoms with van der Waals surface area (Å²) < 4.78 is 27.6. The first-order valence-corrected chi connectivity index (χ1v) is 48.6. The van der Waals surface area contributed by atoms with Crippen molar-refractivity contribution in [1.82, 2.24) is 60.6 Å². The number of amides is 5. The highest BCUT2D eigenvalue weighted by molar-refractivity contribution is 6.05. The van der Waals surface area contributed by atoms with E-state index in [1.54, 1.807) is 0 Å². The Bertz CT molecular complexity index is 6120. The number of alkyl carbamates (subject to hydrolysis) is 2. The molecule has 27 nitrogen and oxygen atoms in total. The molecule has 2 aliphatic carbocycles. The molecule has 0 unspecified atom stereocenters. The lowest BCUT2D eigenvalue weighted by Gasteiger charge is -2.31. The summed E-state index contributed by atoms with van der Waals surface area (Å²) in [6.45, 7) is 18.2. The number of carbonyl (C=O) groups is 5. The first-order chi connectivity index (χ1) is 65.5. The maximum atomic E-state index is 13.7.